The first-order chi connectivity index (χ1) is 14.1. The molecule has 0 aliphatic carbocycles. The SMILES string of the molecule is COc1cc2nc(C(=O)Nc3cc(C)cc(C)n3)n(S(=O)(=O)N(C)C)c2cc1OC. The van der Waals surface area contributed by atoms with Crippen LogP contribution in [-0.4, -0.2) is 60.9 Å². The van der Waals surface area contributed by atoms with Crippen molar-refractivity contribution in [2.24, 2.45) is 0 Å². The average molecular weight is 433 g/mol. The molecule has 0 saturated heterocycles. The third-order valence-electron chi connectivity index (χ3n) is 4.35. The van der Waals surface area contributed by atoms with Crippen LogP contribution in [-0.2, 0) is 10.2 Å². The Hall–Kier alpha value is -3.18. The van der Waals surface area contributed by atoms with Crippen LogP contribution in [0.2, 0.25) is 0 Å². The lowest BCUT2D eigenvalue weighted by Crippen LogP contribution is -2.32. The summed E-state index contributed by atoms with van der Waals surface area (Å²) in [7, 11) is 1.55. The van der Waals surface area contributed by atoms with Crippen LogP contribution in [0.4, 0.5) is 5.82 Å². The highest BCUT2D eigenvalue weighted by molar-refractivity contribution is 7.87. The number of pyridine rings is 1. The van der Waals surface area contributed by atoms with E-state index in [4.69, 9.17) is 9.47 Å². The molecule has 0 aliphatic heterocycles. The molecule has 1 N–H and O–H groups in total. The van der Waals surface area contributed by atoms with Crippen LogP contribution in [0.1, 0.15) is 21.9 Å². The quantitative estimate of drug-likeness (QED) is 0.632. The van der Waals surface area contributed by atoms with Crippen molar-refractivity contribution in [1.29, 1.82) is 0 Å². The van der Waals surface area contributed by atoms with E-state index in [2.05, 4.69) is 15.3 Å². The number of hydrogen-bond donors (Lipinski definition) is 1. The second-order valence-electron chi connectivity index (χ2n) is 6.81. The van der Waals surface area contributed by atoms with Gasteiger partial charge in [0, 0.05) is 31.9 Å². The summed E-state index contributed by atoms with van der Waals surface area (Å²) in [5.41, 5.74) is 2.06. The fourth-order valence-corrected chi connectivity index (χ4v) is 4.06. The summed E-state index contributed by atoms with van der Waals surface area (Å²) in [6, 6.07) is 6.53. The van der Waals surface area contributed by atoms with Crippen molar-refractivity contribution < 1.29 is 22.7 Å². The van der Waals surface area contributed by atoms with Gasteiger partial charge in [-0.05, 0) is 31.5 Å². The van der Waals surface area contributed by atoms with Gasteiger partial charge >= 0.3 is 10.2 Å². The number of imidazole rings is 1. The zero-order valence-electron chi connectivity index (χ0n) is 17.5. The Labute approximate surface area is 174 Å². The predicted octanol–water partition coefficient (Wildman–Crippen LogP) is 1.97. The maximum absolute atomic E-state index is 13.0. The number of aryl methyl sites for hydroxylation is 2. The number of amides is 1. The second kappa shape index (κ2) is 7.92. The standard InChI is InChI=1S/C19H23N5O5S/c1-11-7-12(2)20-17(8-11)22-19(25)18-21-13-9-15(28-5)16(29-6)10-14(13)24(18)30(26,27)23(3)4/h7-10H,1-6H3,(H,20,22,25). The first-order valence-electron chi connectivity index (χ1n) is 8.92. The lowest BCUT2D eigenvalue weighted by molar-refractivity contribution is 0.101. The molecule has 3 aromatic rings. The van der Waals surface area contributed by atoms with Crippen molar-refractivity contribution in [3.63, 3.8) is 0 Å². The van der Waals surface area contributed by atoms with Gasteiger partial charge in [0.25, 0.3) is 5.91 Å². The number of methoxy groups -OCH3 is 2. The van der Waals surface area contributed by atoms with Gasteiger partial charge in [0.2, 0.25) is 5.82 Å². The van der Waals surface area contributed by atoms with Crippen LogP contribution < -0.4 is 14.8 Å². The van der Waals surface area contributed by atoms with E-state index in [0.717, 1.165) is 13.8 Å². The number of aromatic nitrogens is 3. The van der Waals surface area contributed by atoms with Gasteiger partial charge in [-0.25, -0.2) is 13.9 Å². The Morgan fingerprint density at radius 2 is 1.67 bits per heavy atom. The molecule has 0 atom stereocenters. The number of benzene rings is 1. The van der Waals surface area contributed by atoms with Crippen LogP contribution in [0.25, 0.3) is 11.0 Å². The van der Waals surface area contributed by atoms with Gasteiger partial charge in [0.1, 0.15) is 5.82 Å². The molecule has 0 saturated carbocycles. The molecule has 0 unspecified atom stereocenters. The molecule has 0 radical (unpaired) electrons. The largest absolute Gasteiger partial charge is 0.493 e. The molecule has 30 heavy (non-hydrogen) atoms. The van der Waals surface area contributed by atoms with E-state index in [1.807, 2.05) is 13.0 Å². The van der Waals surface area contributed by atoms with Gasteiger partial charge in [0.15, 0.2) is 11.5 Å². The molecule has 11 heteroatoms. The summed E-state index contributed by atoms with van der Waals surface area (Å²) in [4.78, 5) is 21.6. The molecule has 1 aromatic carbocycles. The maximum atomic E-state index is 13.0. The Morgan fingerprint density at radius 3 is 2.23 bits per heavy atom. The highest BCUT2D eigenvalue weighted by Gasteiger charge is 2.29. The minimum absolute atomic E-state index is 0.180. The highest BCUT2D eigenvalue weighted by atomic mass is 32.2. The Balaban J connectivity index is 2.23. The van der Waals surface area contributed by atoms with Gasteiger partial charge in [0.05, 0.1) is 25.3 Å². The molecule has 0 spiro atoms. The summed E-state index contributed by atoms with van der Waals surface area (Å²) < 4.78 is 38.5. The van der Waals surface area contributed by atoms with Gasteiger partial charge in [-0.1, -0.05) is 0 Å². The molecule has 3 rings (SSSR count). The molecule has 10 nitrogen and oxygen atoms in total. The number of rotatable bonds is 6. The Kier molecular flexibility index (Phi) is 5.68. The normalized spacial score (nSPS) is 11.7. The topological polar surface area (TPSA) is 116 Å². The van der Waals surface area contributed by atoms with E-state index in [1.54, 1.807) is 13.0 Å². The van der Waals surface area contributed by atoms with Crippen molar-refractivity contribution in [2.45, 2.75) is 13.8 Å². The molecule has 0 bridgehead atoms. The number of carbonyl (C=O) groups excluding carboxylic acids is 1. The number of fused-ring (bicyclic) bond motifs is 1. The van der Waals surface area contributed by atoms with Crippen LogP contribution in [0, 0.1) is 13.8 Å². The van der Waals surface area contributed by atoms with Crippen molar-refractivity contribution >= 4 is 33.0 Å². The number of anilines is 1. The van der Waals surface area contributed by atoms with Crippen LogP contribution in [0.15, 0.2) is 24.3 Å². The fourth-order valence-electron chi connectivity index (χ4n) is 3.00. The first kappa shape index (κ1) is 21.5. The lowest BCUT2D eigenvalue weighted by atomic mass is 10.2. The second-order valence-corrected chi connectivity index (χ2v) is 8.80. The molecule has 2 aromatic heterocycles. The zero-order valence-corrected chi connectivity index (χ0v) is 18.4. The van der Waals surface area contributed by atoms with E-state index >= 15 is 0 Å². The van der Waals surface area contributed by atoms with Gasteiger partial charge in [-0.15, -0.1) is 0 Å². The van der Waals surface area contributed by atoms with Gasteiger partial charge in [-0.3, -0.25) is 4.79 Å². The van der Waals surface area contributed by atoms with Crippen LogP contribution >= 0.6 is 0 Å². The fraction of sp³-hybridized carbons (Fsp3) is 0.316. The minimum atomic E-state index is -4.08. The first-order valence-corrected chi connectivity index (χ1v) is 10.3. The third-order valence-corrected chi connectivity index (χ3v) is 6.11. The predicted molar refractivity (Wildman–Crippen MR) is 113 cm³/mol. The monoisotopic (exact) mass is 433 g/mol. The van der Waals surface area contributed by atoms with E-state index < -0.39 is 16.1 Å². The van der Waals surface area contributed by atoms with E-state index in [9.17, 15) is 13.2 Å². The van der Waals surface area contributed by atoms with Crippen LogP contribution in [0.3, 0.4) is 0 Å². The minimum Gasteiger partial charge on any atom is -0.493 e. The highest BCUT2D eigenvalue weighted by Crippen LogP contribution is 2.33. The van der Waals surface area contributed by atoms with Crippen molar-refractivity contribution in [1.82, 2.24) is 18.2 Å². The number of ether oxygens (including phenoxy) is 2. The van der Waals surface area contributed by atoms with Crippen LogP contribution in [0.5, 0.6) is 11.5 Å². The molecular weight excluding hydrogens is 410 g/mol. The van der Waals surface area contributed by atoms with Crippen molar-refractivity contribution in [2.75, 3.05) is 33.6 Å². The third kappa shape index (κ3) is 3.81. The molecule has 1 amide bonds. The van der Waals surface area contributed by atoms with E-state index in [-0.39, 0.29) is 16.9 Å². The molecule has 0 aliphatic rings. The number of nitrogens with one attached hydrogen (secondary N) is 1. The van der Waals surface area contributed by atoms with Crippen molar-refractivity contribution in [3.8, 4) is 11.5 Å². The molecule has 160 valence electrons. The summed E-state index contributed by atoms with van der Waals surface area (Å²) in [5.74, 6) is -0.0570. The average Bonchev–Trinajstić information content (AvgIpc) is 3.04. The van der Waals surface area contributed by atoms with Crippen molar-refractivity contribution in [3.05, 3.63) is 41.3 Å². The van der Waals surface area contributed by atoms with Gasteiger partial charge in [-0.2, -0.15) is 12.7 Å². The summed E-state index contributed by atoms with van der Waals surface area (Å²) in [5, 5.41) is 2.63. The number of nitrogens with zero attached hydrogens (tertiary/aromatic N) is 4. The smallest absolute Gasteiger partial charge is 0.309 e. The Morgan fingerprint density at radius 1 is 1.03 bits per heavy atom. The van der Waals surface area contributed by atoms with Gasteiger partial charge < -0.3 is 14.8 Å². The molecule has 2 heterocycles. The zero-order chi connectivity index (χ0) is 22.2. The molecular formula is C19H23N5O5S. The lowest BCUT2D eigenvalue weighted by Gasteiger charge is -2.16. The molecule has 0 fully saturated rings. The van der Waals surface area contributed by atoms with E-state index in [0.29, 0.717) is 23.0 Å². The summed E-state index contributed by atoms with van der Waals surface area (Å²) in [6.45, 7) is 3.67. The van der Waals surface area contributed by atoms with E-state index in [1.165, 1.54) is 40.4 Å². The number of carbonyl (C=O) groups is 1. The summed E-state index contributed by atoms with van der Waals surface area (Å²) >= 11 is 0. The number of hydrogen-bond acceptors (Lipinski definition) is 7. The maximum Gasteiger partial charge on any atom is 0.309 e. The Bertz CT molecular complexity index is 1210. The summed E-state index contributed by atoms with van der Waals surface area (Å²) in [6.07, 6.45) is 0.